The van der Waals surface area contributed by atoms with Crippen molar-refractivity contribution in [3.8, 4) is 17.4 Å². The molecule has 0 N–H and O–H groups in total. The third-order valence-corrected chi connectivity index (χ3v) is 4.65. The first-order valence-corrected chi connectivity index (χ1v) is 8.87. The maximum Gasteiger partial charge on any atom is 0.200 e. The molecule has 2 heterocycles. The fourth-order valence-electron chi connectivity index (χ4n) is 3.13. The molecule has 28 heavy (non-hydrogen) atoms. The SMILES string of the molecule is COCCOc1cc(C2CC2c2cnc(-c3ncccn3)nc2)cc(F)c1F. The van der Waals surface area contributed by atoms with Crippen LogP contribution in [0.5, 0.6) is 5.75 Å². The van der Waals surface area contributed by atoms with Gasteiger partial charge in [-0.05, 0) is 47.6 Å². The van der Waals surface area contributed by atoms with Crippen molar-refractivity contribution in [2.45, 2.75) is 18.3 Å². The minimum absolute atomic E-state index is 0.0716. The van der Waals surface area contributed by atoms with Crippen molar-refractivity contribution in [1.82, 2.24) is 19.9 Å². The maximum atomic E-state index is 14.0. The Balaban J connectivity index is 1.49. The minimum atomic E-state index is -0.979. The summed E-state index contributed by atoms with van der Waals surface area (Å²) in [5, 5.41) is 0. The lowest BCUT2D eigenvalue weighted by atomic mass is 10.1. The molecule has 1 aliphatic rings. The molecule has 1 aromatic carbocycles. The largest absolute Gasteiger partial charge is 0.488 e. The number of rotatable bonds is 7. The van der Waals surface area contributed by atoms with E-state index in [4.69, 9.17) is 9.47 Å². The van der Waals surface area contributed by atoms with Crippen molar-refractivity contribution in [3.05, 3.63) is 65.7 Å². The number of methoxy groups -OCH3 is 1. The van der Waals surface area contributed by atoms with Gasteiger partial charge in [0.15, 0.2) is 23.2 Å². The van der Waals surface area contributed by atoms with Gasteiger partial charge in [0.05, 0.1) is 6.61 Å². The first-order chi connectivity index (χ1) is 13.7. The van der Waals surface area contributed by atoms with E-state index in [1.807, 2.05) is 0 Å². The average molecular weight is 384 g/mol. The van der Waals surface area contributed by atoms with Crippen LogP contribution >= 0.6 is 0 Å². The van der Waals surface area contributed by atoms with Crippen molar-refractivity contribution in [1.29, 1.82) is 0 Å². The summed E-state index contributed by atoms with van der Waals surface area (Å²) >= 11 is 0. The van der Waals surface area contributed by atoms with E-state index in [0.717, 1.165) is 12.0 Å². The van der Waals surface area contributed by atoms with Gasteiger partial charge in [0, 0.05) is 31.9 Å². The molecule has 1 saturated carbocycles. The molecule has 0 aliphatic heterocycles. The molecule has 1 aliphatic carbocycles. The zero-order valence-corrected chi connectivity index (χ0v) is 15.2. The molecule has 1 fully saturated rings. The molecular weight excluding hydrogens is 366 g/mol. The molecule has 0 amide bonds. The number of benzene rings is 1. The Kier molecular flexibility index (Phi) is 5.21. The Morgan fingerprint density at radius 2 is 1.61 bits per heavy atom. The highest BCUT2D eigenvalue weighted by Gasteiger charge is 2.40. The molecule has 0 bridgehead atoms. The van der Waals surface area contributed by atoms with Crippen molar-refractivity contribution in [2.75, 3.05) is 20.3 Å². The standard InChI is InChI=1S/C20H18F2N4O2/c1-27-5-6-28-17-8-12(7-16(21)18(17)22)14-9-15(14)13-10-25-20(26-11-13)19-23-3-2-4-24-19/h2-4,7-8,10-11,14-15H,5-6,9H2,1H3. The maximum absolute atomic E-state index is 14.0. The smallest absolute Gasteiger partial charge is 0.200 e. The van der Waals surface area contributed by atoms with E-state index in [1.54, 1.807) is 36.9 Å². The monoisotopic (exact) mass is 384 g/mol. The van der Waals surface area contributed by atoms with E-state index >= 15 is 0 Å². The number of aromatic nitrogens is 4. The lowest BCUT2D eigenvalue weighted by molar-refractivity contribution is 0.143. The van der Waals surface area contributed by atoms with Gasteiger partial charge in [0.25, 0.3) is 0 Å². The average Bonchev–Trinajstić information content (AvgIpc) is 3.53. The molecule has 0 radical (unpaired) electrons. The van der Waals surface area contributed by atoms with Gasteiger partial charge in [-0.2, -0.15) is 4.39 Å². The lowest BCUT2D eigenvalue weighted by Gasteiger charge is -2.10. The molecule has 3 aromatic rings. The van der Waals surface area contributed by atoms with E-state index in [9.17, 15) is 8.78 Å². The van der Waals surface area contributed by atoms with E-state index in [0.29, 0.717) is 23.8 Å². The van der Waals surface area contributed by atoms with Gasteiger partial charge < -0.3 is 9.47 Å². The van der Waals surface area contributed by atoms with E-state index in [1.165, 1.54) is 13.2 Å². The van der Waals surface area contributed by atoms with Gasteiger partial charge in [0.2, 0.25) is 5.82 Å². The predicted octanol–water partition coefficient (Wildman–Crippen LogP) is 3.51. The number of halogens is 2. The highest BCUT2D eigenvalue weighted by molar-refractivity contribution is 5.44. The molecule has 2 aromatic heterocycles. The summed E-state index contributed by atoms with van der Waals surface area (Å²) in [4.78, 5) is 16.9. The molecule has 144 valence electrons. The summed E-state index contributed by atoms with van der Waals surface area (Å²) < 4.78 is 38.1. The normalized spacial score (nSPS) is 18.1. The molecule has 6 nitrogen and oxygen atoms in total. The predicted molar refractivity (Wildman–Crippen MR) is 96.9 cm³/mol. The van der Waals surface area contributed by atoms with Crippen LogP contribution in [-0.2, 0) is 4.74 Å². The second kappa shape index (κ2) is 7.93. The number of hydrogen-bond acceptors (Lipinski definition) is 6. The topological polar surface area (TPSA) is 70.0 Å². The fourth-order valence-corrected chi connectivity index (χ4v) is 3.13. The Morgan fingerprint density at radius 3 is 2.32 bits per heavy atom. The first-order valence-electron chi connectivity index (χ1n) is 8.87. The lowest BCUT2D eigenvalue weighted by Crippen LogP contribution is -2.06. The summed E-state index contributed by atoms with van der Waals surface area (Å²) in [6.45, 7) is 0.452. The quantitative estimate of drug-likeness (QED) is 0.581. The van der Waals surface area contributed by atoms with Crippen LogP contribution in [0.4, 0.5) is 8.78 Å². The van der Waals surface area contributed by atoms with Crippen LogP contribution in [0.1, 0.15) is 29.4 Å². The van der Waals surface area contributed by atoms with E-state index < -0.39 is 11.6 Å². The van der Waals surface area contributed by atoms with Gasteiger partial charge in [-0.15, -0.1) is 0 Å². The summed E-state index contributed by atoms with van der Waals surface area (Å²) in [6, 6.07) is 4.52. The molecule has 8 heteroatoms. The molecular formula is C20H18F2N4O2. The summed E-state index contributed by atoms with van der Waals surface area (Å²) in [7, 11) is 1.52. The van der Waals surface area contributed by atoms with Crippen LogP contribution in [0.3, 0.4) is 0 Å². The Bertz CT molecular complexity index is 954. The summed E-state index contributed by atoms with van der Waals surface area (Å²) in [5.41, 5.74) is 1.64. The van der Waals surface area contributed by atoms with Crippen LogP contribution in [0.15, 0.2) is 43.0 Å². The van der Waals surface area contributed by atoms with Gasteiger partial charge >= 0.3 is 0 Å². The Hall–Kier alpha value is -3.00. The van der Waals surface area contributed by atoms with Crippen molar-refractivity contribution in [3.63, 3.8) is 0 Å². The van der Waals surface area contributed by atoms with Gasteiger partial charge in [-0.3, -0.25) is 0 Å². The summed E-state index contributed by atoms with van der Waals surface area (Å²) in [5.74, 6) is -0.852. The number of ether oxygens (including phenoxy) is 2. The van der Waals surface area contributed by atoms with Gasteiger partial charge in [0.1, 0.15) is 6.61 Å². The first kappa shape index (κ1) is 18.4. The second-order valence-corrected chi connectivity index (χ2v) is 6.52. The van der Waals surface area contributed by atoms with Crippen molar-refractivity contribution < 1.29 is 18.3 Å². The summed E-state index contributed by atoms with van der Waals surface area (Å²) in [6.07, 6.45) is 7.55. The molecule has 0 spiro atoms. The Morgan fingerprint density at radius 1 is 0.929 bits per heavy atom. The number of nitrogens with zero attached hydrogens (tertiary/aromatic N) is 4. The fraction of sp³-hybridized carbons (Fsp3) is 0.300. The number of hydrogen-bond donors (Lipinski definition) is 0. The van der Waals surface area contributed by atoms with Crippen molar-refractivity contribution in [2.24, 2.45) is 0 Å². The second-order valence-electron chi connectivity index (χ2n) is 6.52. The minimum Gasteiger partial charge on any atom is -0.488 e. The van der Waals surface area contributed by atoms with E-state index in [-0.39, 0.29) is 24.2 Å². The van der Waals surface area contributed by atoms with Crippen LogP contribution in [0.2, 0.25) is 0 Å². The molecule has 2 atom stereocenters. The van der Waals surface area contributed by atoms with Crippen molar-refractivity contribution >= 4 is 0 Å². The Labute approximate surface area is 160 Å². The third-order valence-electron chi connectivity index (χ3n) is 4.65. The van der Waals surface area contributed by atoms with Crippen LogP contribution in [0.25, 0.3) is 11.6 Å². The van der Waals surface area contributed by atoms with Gasteiger partial charge in [-0.1, -0.05) is 0 Å². The highest BCUT2D eigenvalue weighted by atomic mass is 19.2. The van der Waals surface area contributed by atoms with Crippen LogP contribution in [-0.4, -0.2) is 40.3 Å². The third kappa shape index (κ3) is 3.82. The zero-order chi connectivity index (χ0) is 19.5. The molecule has 0 saturated heterocycles. The highest BCUT2D eigenvalue weighted by Crippen LogP contribution is 2.55. The van der Waals surface area contributed by atoms with Gasteiger partial charge in [-0.25, -0.2) is 24.3 Å². The molecule has 2 unspecified atom stereocenters. The van der Waals surface area contributed by atoms with Crippen LogP contribution in [0, 0.1) is 11.6 Å². The van der Waals surface area contributed by atoms with E-state index in [2.05, 4.69) is 19.9 Å². The van der Waals surface area contributed by atoms with Crippen LogP contribution < -0.4 is 4.74 Å². The molecule has 4 rings (SSSR count). The zero-order valence-electron chi connectivity index (χ0n) is 15.2.